The number of allylic oxidation sites excluding steroid dienone is 2. The van der Waals surface area contributed by atoms with Crippen LogP contribution in [-0.4, -0.2) is 33.7 Å². The molecule has 202 valence electrons. The van der Waals surface area contributed by atoms with Crippen LogP contribution in [0.2, 0.25) is 0 Å². The third kappa shape index (κ3) is 3.05. The number of carbonyl (C=O) groups is 2. The first-order valence-electron chi connectivity index (χ1n) is 14.3. The lowest BCUT2D eigenvalue weighted by atomic mass is 9.35. The van der Waals surface area contributed by atoms with Gasteiger partial charge in [-0.25, -0.2) is 0 Å². The SMILES string of the molecule is CC1(C)C[C@@H]2C(CC[C@]3(C)[C@@H]2C(=O)C=C2[C@@]4(C)Cc5cnoc5[C@@](C)(CO)[C@@H]4CC[C@]23C)[C@H](C(=O)O)C1. The number of carboxylic acid groups (broad SMARTS) is 1. The minimum Gasteiger partial charge on any atom is -0.481 e. The quantitative estimate of drug-likeness (QED) is 0.540. The number of aliphatic hydroxyl groups is 1. The Bertz CT molecular complexity index is 1200. The highest BCUT2D eigenvalue weighted by Crippen LogP contribution is 2.73. The van der Waals surface area contributed by atoms with Crippen LogP contribution in [0, 0.1) is 51.2 Å². The Labute approximate surface area is 220 Å². The minimum absolute atomic E-state index is 0.0112. The molecule has 2 N–H and O–H groups in total. The Kier molecular flexibility index (Phi) is 5.19. The second-order valence-corrected chi connectivity index (χ2v) is 15.0. The fourth-order valence-electron chi connectivity index (χ4n) is 10.9. The van der Waals surface area contributed by atoms with Crippen LogP contribution in [0.4, 0.5) is 0 Å². The van der Waals surface area contributed by atoms with E-state index in [0.29, 0.717) is 6.42 Å². The zero-order chi connectivity index (χ0) is 26.8. The molecule has 0 spiro atoms. The summed E-state index contributed by atoms with van der Waals surface area (Å²) in [6.45, 7) is 13.5. The van der Waals surface area contributed by atoms with E-state index >= 15 is 0 Å². The number of nitrogens with zero attached hydrogens (tertiary/aromatic N) is 1. The third-order valence-corrected chi connectivity index (χ3v) is 12.6. The molecular formula is C31H43NO5. The van der Waals surface area contributed by atoms with Gasteiger partial charge in [-0.15, -0.1) is 0 Å². The first-order valence-corrected chi connectivity index (χ1v) is 14.3. The topological polar surface area (TPSA) is 101 Å². The van der Waals surface area contributed by atoms with Crippen LogP contribution in [0.3, 0.4) is 0 Å². The largest absolute Gasteiger partial charge is 0.481 e. The van der Waals surface area contributed by atoms with Gasteiger partial charge in [0.15, 0.2) is 5.78 Å². The predicted octanol–water partition coefficient (Wildman–Crippen LogP) is 5.58. The fourth-order valence-corrected chi connectivity index (χ4v) is 10.9. The van der Waals surface area contributed by atoms with E-state index in [4.69, 9.17) is 4.52 Å². The highest BCUT2D eigenvalue weighted by molar-refractivity contribution is 5.95. The number of hydrogen-bond donors (Lipinski definition) is 2. The molecule has 5 aliphatic rings. The predicted molar refractivity (Wildman–Crippen MR) is 139 cm³/mol. The Morgan fingerprint density at radius 1 is 1.08 bits per heavy atom. The van der Waals surface area contributed by atoms with Crippen LogP contribution in [0.1, 0.15) is 91.4 Å². The maximum atomic E-state index is 14.3. The second-order valence-electron chi connectivity index (χ2n) is 15.0. The van der Waals surface area contributed by atoms with Crippen molar-refractivity contribution >= 4 is 11.8 Å². The Hall–Kier alpha value is -1.95. The molecule has 5 aliphatic carbocycles. The smallest absolute Gasteiger partial charge is 0.306 e. The summed E-state index contributed by atoms with van der Waals surface area (Å²) in [5.74, 6) is 0.139. The molecule has 3 fully saturated rings. The number of fused-ring (bicyclic) bond motifs is 8. The van der Waals surface area contributed by atoms with Gasteiger partial charge in [-0.2, -0.15) is 0 Å². The van der Waals surface area contributed by atoms with Gasteiger partial charge < -0.3 is 14.7 Å². The highest BCUT2D eigenvalue weighted by atomic mass is 16.5. The van der Waals surface area contributed by atoms with Crippen LogP contribution in [0.15, 0.2) is 22.4 Å². The Balaban J connectivity index is 1.48. The molecule has 0 aliphatic heterocycles. The van der Waals surface area contributed by atoms with E-state index in [1.165, 1.54) is 5.57 Å². The van der Waals surface area contributed by atoms with Crippen molar-refractivity contribution in [3.8, 4) is 0 Å². The molecule has 0 radical (unpaired) electrons. The van der Waals surface area contributed by atoms with Crippen molar-refractivity contribution in [1.82, 2.24) is 5.16 Å². The molecule has 0 saturated heterocycles. The van der Waals surface area contributed by atoms with E-state index in [2.05, 4.69) is 46.7 Å². The van der Waals surface area contributed by atoms with Crippen molar-refractivity contribution in [1.29, 1.82) is 0 Å². The van der Waals surface area contributed by atoms with Crippen LogP contribution in [0.5, 0.6) is 0 Å². The van der Waals surface area contributed by atoms with Gasteiger partial charge in [0.1, 0.15) is 5.76 Å². The van der Waals surface area contributed by atoms with Gasteiger partial charge >= 0.3 is 5.97 Å². The van der Waals surface area contributed by atoms with Crippen LogP contribution in [-0.2, 0) is 21.4 Å². The number of aromatic nitrogens is 1. The number of ketones is 1. The number of carboxylic acids is 1. The van der Waals surface area contributed by atoms with E-state index in [-0.39, 0.29) is 63.6 Å². The van der Waals surface area contributed by atoms with Gasteiger partial charge in [0.05, 0.1) is 24.1 Å². The molecule has 1 aromatic rings. The second kappa shape index (κ2) is 7.58. The first kappa shape index (κ1) is 25.3. The van der Waals surface area contributed by atoms with Crippen molar-refractivity contribution < 1.29 is 24.3 Å². The molecule has 0 bridgehead atoms. The van der Waals surface area contributed by atoms with Crippen molar-refractivity contribution in [3.63, 3.8) is 0 Å². The average Bonchev–Trinajstić information content (AvgIpc) is 3.28. The maximum absolute atomic E-state index is 14.3. The zero-order valence-electron chi connectivity index (χ0n) is 23.3. The van der Waals surface area contributed by atoms with Crippen LogP contribution < -0.4 is 0 Å². The number of rotatable bonds is 2. The molecule has 3 saturated carbocycles. The van der Waals surface area contributed by atoms with Gasteiger partial charge in [-0.3, -0.25) is 9.59 Å². The summed E-state index contributed by atoms with van der Waals surface area (Å²) in [6.07, 6.45) is 9.85. The van der Waals surface area contributed by atoms with Crippen molar-refractivity contribution in [2.24, 2.45) is 51.2 Å². The lowest BCUT2D eigenvalue weighted by molar-refractivity contribution is -0.171. The van der Waals surface area contributed by atoms with Gasteiger partial charge in [-0.1, -0.05) is 45.3 Å². The first-order chi connectivity index (χ1) is 17.2. The van der Waals surface area contributed by atoms with Crippen molar-refractivity contribution in [3.05, 3.63) is 29.2 Å². The number of carbonyl (C=O) groups excluding carboxylic acids is 1. The Morgan fingerprint density at radius 2 is 1.81 bits per heavy atom. The zero-order valence-corrected chi connectivity index (χ0v) is 23.3. The van der Waals surface area contributed by atoms with Gasteiger partial charge in [0.2, 0.25) is 0 Å². The van der Waals surface area contributed by atoms with Crippen LogP contribution >= 0.6 is 0 Å². The number of aliphatic carboxylic acids is 1. The molecule has 1 unspecified atom stereocenters. The molecule has 0 aromatic carbocycles. The van der Waals surface area contributed by atoms with Crippen molar-refractivity contribution in [2.45, 2.75) is 91.9 Å². The summed E-state index contributed by atoms with van der Waals surface area (Å²) in [7, 11) is 0. The molecule has 37 heavy (non-hydrogen) atoms. The summed E-state index contributed by atoms with van der Waals surface area (Å²) in [4.78, 5) is 26.7. The lowest BCUT2D eigenvalue weighted by Crippen LogP contribution is -2.64. The third-order valence-electron chi connectivity index (χ3n) is 12.6. The summed E-state index contributed by atoms with van der Waals surface area (Å²) in [5.41, 5.74) is 1.00. The highest BCUT2D eigenvalue weighted by Gasteiger charge is 2.69. The van der Waals surface area contributed by atoms with E-state index in [1.807, 2.05) is 6.08 Å². The fraction of sp³-hybridized carbons (Fsp3) is 0.774. The van der Waals surface area contributed by atoms with Crippen LogP contribution in [0.25, 0.3) is 0 Å². The lowest BCUT2D eigenvalue weighted by Gasteiger charge is -2.68. The van der Waals surface area contributed by atoms with Crippen molar-refractivity contribution in [2.75, 3.05) is 6.61 Å². The van der Waals surface area contributed by atoms with E-state index in [1.54, 1.807) is 6.20 Å². The van der Waals surface area contributed by atoms with Gasteiger partial charge in [-0.05, 0) is 97.4 Å². The molecule has 9 atom stereocenters. The minimum atomic E-state index is -0.694. The molecule has 6 nitrogen and oxygen atoms in total. The summed E-state index contributed by atoms with van der Waals surface area (Å²) in [6, 6.07) is 0. The van der Waals surface area contributed by atoms with E-state index in [9.17, 15) is 19.8 Å². The molecule has 6 heteroatoms. The van der Waals surface area contributed by atoms with Gasteiger partial charge in [0.25, 0.3) is 0 Å². The summed E-state index contributed by atoms with van der Waals surface area (Å²) in [5, 5.41) is 24.9. The van der Waals surface area contributed by atoms with E-state index in [0.717, 1.165) is 49.8 Å². The van der Waals surface area contributed by atoms with Gasteiger partial charge in [0, 0.05) is 11.5 Å². The Morgan fingerprint density at radius 3 is 2.49 bits per heavy atom. The van der Waals surface area contributed by atoms with E-state index < -0.39 is 11.4 Å². The standard InChI is InChI=1S/C31H43NO5/c1-27(2)13-19-18(20(14-27)26(35)36)7-9-31(6)24(19)21(34)11-23-28(3)12-17-15-32-37-25(17)29(4,16-33)22(28)8-10-30(23,31)5/h11,15,18-20,22,24,33H,7-10,12-14,16H2,1-6H3,(H,35,36)/t18?,19-,20-,22-,24+,28+,29+,30-,31-/m1/s1. The molecule has 0 amide bonds. The normalized spacial score (nSPS) is 48.0. The average molecular weight is 510 g/mol. The summed E-state index contributed by atoms with van der Waals surface area (Å²) < 4.78 is 5.71. The monoisotopic (exact) mass is 509 g/mol. The molecule has 6 rings (SSSR count). The maximum Gasteiger partial charge on any atom is 0.306 e. The summed E-state index contributed by atoms with van der Waals surface area (Å²) >= 11 is 0. The molecule has 1 aromatic heterocycles. The molecular weight excluding hydrogens is 466 g/mol. The number of aliphatic hydroxyl groups excluding tert-OH is 1. The molecule has 1 heterocycles. The number of hydrogen-bond acceptors (Lipinski definition) is 5.